The van der Waals surface area contributed by atoms with E-state index in [1.165, 1.54) is 0 Å². The first-order valence-electron chi connectivity index (χ1n) is 3.35. The maximum Gasteiger partial charge on any atom is 0.0995 e. The lowest BCUT2D eigenvalue weighted by molar-refractivity contribution is 0.981. The van der Waals surface area contributed by atoms with E-state index in [1.54, 1.807) is 6.08 Å². The van der Waals surface area contributed by atoms with Crippen LogP contribution in [0.5, 0.6) is 0 Å². The summed E-state index contributed by atoms with van der Waals surface area (Å²) in [4.78, 5) is 3.97. The van der Waals surface area contributed by atoms with Crippen molar-refractivity contribution in [3.63, 3.8) is 0 Å². The molecule has 0 aromatic carbocycles. The Labute approximate surface area is 62.1 Å². The third-order valence-electron chi connectivity index (χ3n) is 1.03. The number of nitrogens with zero attached hydrogens (tertiary/aromatic N) is 1. The maximum absolute atomic E-state index is 5.50. The number of rotatable bonds is 4. The molecule has 0 spiro atoms. The third kappa shape index (κ3) is 3.89. The molecule has 0 bridgehead atoms. The summed E-state index contributed by atoms with van der Waals surface area (Å²) in [6.45, 7) is 9.18. The van der Waals surface area contributed by atoms with Crippen LogP contribution in [0.4, 0.5) is 0 Å². The van der Waals surface area contributed by atoms with Crippen molar-refractivity contribution in [2.75, 3.05) is 0 Å². The van der Waals surface area contributed by atoms with Crippen LogP contribution in [-0.4, -0.2) is 5.84 Å². The van der Waals surface area contributed by atoms with Crippen molar-refractivity contribution in [3.8, 4) is 0 Å². The lowest BCUT2D eigenvalue weighted by atomic mass is 10.3. The molecule has 0 aliphatic rings. The van der Waals surface area contributed by atoms with Crippen LogP contribution in [0.3, 0.4) is 0 Å². The van der Waals surface area contributed by atoms with Crippen LogP contribution in [0, 0.1) is 0 Å². The molecule has 2 N–H and O–H groups in total. The van der Waals surface area contributed by atoms with Gasteiger partial charge in [0.05, 0.1) is 11.5 Å². The molecule has 0 unspecified atom stereocenters. The van der Waals surface area contributed by atoms with Gasteiger partial charge in [-0.1, -0.05) is 20.1 Å². The zero-order valence-corrected chi connectivity index (χ0v) is 6.43. The van der Waals surface area contributed by atoms with Gasteiger partial charge in [0.15, 0.2) is 0 Å². The highest BCUT2D eigenvalue weighted by Gasteiger charge is 1.88. The molecular weight excluding hydrogens is 124 g/mol. The second-order valence-corrected chi connectivity index (χ2v) is 2.05. The van der Waals surface area contributed by atoms with Gasteiger partial charge in [0.2, 0.25) is 0 Å². The Morgan fingerprint density at radius 2 is 2.30 bits per heavy atom. The van der Waals surface area contributed by atoms with E-state index in [-0.39, 0.29) is 0 Å². The Bertz CT molecular complexity index is 157. The summed E-state index contributed by atoms with van der Waals surface area (Å²) in [5, 5.41) is 0. The Balaban J connectivity index is 3.89. The van der Waals surface area contributed by atoms with Gasteiger partial charge in [-0.05, 0) is 12.5 Å². The quantitative estimate of drug-likeness (QED) is 0.359. The van der Waals surface area contributed by atoms with Crippen LogP contribution in [-0.2, 0) is 0 Å². The molecule has 0 aromatic heterocycles. The summed E-state index contributed by atoms with van der Waals surface area (Å²) < 4.78 is 0. The van der Waals surface area contributed by atoms with Crippen LogP contribution >= 0.6 is 0 Å². The molecule has 0 atom stereocenters. The summed E-state index contributed by atoms with van der Waals surface area (Å²) >= 11 is 0. The molecule has 56 valence electrons. The van der Waals surface area contributed by atoms with Crippen molar-refractivity contribution in [1.29, 1.82) is 0 Å². The average molecular weight is 138 g/mol. The summed E-state index contributed by atoms with van der Waals surface area (Å²) in [5.74, 6) is 0.632. The molecule has 10 heavy (non-hydrogen) atoms. The molecule has 0 radical (unpaired) electrons. The highest BCUT2D eigenvalue weighted by molar-refractivity contribution is 5.81. The summed E-state index contributed by atoms with van der Waals surface area (Å²) in [6.07, 6.45) is 3.43. The molecule has 2 heteroatoms. The molecule has 0 fully saturated rings. The Hall–Kier alpha value is -1.05. The monoisotopic (exact) mass is 138 g/mol. The van der Waals surface area contributed by atoms with Crippen molar-refractivity contribution >= 4 is 5.84 Å². The van der Waals surface area contributed by atoms with Crippen molar-refractivity contribution < 1.29 is 0 Å². The molecular formula is C8H14N2. The number of hydrogen-bond acceptors (Lipinski definition) is 1. The van der Waals surface area contributed by atoms with Gasteiger partial charge < -0.3 is 5.73 Å². The van der Waals surface area contributed by atoms with E-state index in [1.807, 2.05) is 0 Å². The molecule has 2 nitrogen and oxygen atoms in total. The number of aliphatic imine (C=N–C) groups is 1. The summed E-state index contributed by atoms with van der Waals surface area (Å²) in [7, 11) is 0. The van der Waals surface area contributed by atoms with Crippen LogP contribution in [0.15, 0.2) is 29.9 Å². The average Bonchev–Trinajstić information content (AvgIpc) is 1.88. The van der Waals surface area contributed by atoms with Gasteiger partial charge in [-0.25, -0.2) is 4.99 Å². The van der Waals surface area contributed by atoms with E-state index in [9.17, 15) is 0 Å². The van der Waals surface area contributed by atoms with Crippen molar-refractivity contribution in [2.24, 2.45) is 10.7 Å². The largest absolute Gasteiger partial charge is 0.387 e. The molecule has 0 saturated carbocycles. The molecule has 0 amide bonds. The van der Waals surface area contributed by atoms with Gasteiger partial charge in [-0.2, -0.15) is 0 Å². The van der Waals surface area contributed by atoms with Crippen molar-refractivity contribution in [2.45, 2.75) is 19.8 Å². The summed E-state index contributed by atoms with van der Waals surface area (Å²) in [6, 6.07) is 0. The Morgan fingerprint density at radius 1 is 1.70 bits per heavy atom. The van der Waals surface area contributed by atoms with Crippen LogP contribution < -0.4 is 5.73 Å². The van der Waals surface area contributed by atoms with Crippen molar-refractivity contribution in [3.05, 3.63) is 24.9 Å². The SMILES string of the molecule is C=CC(=C)/N=C(/N)CCC. The normalized spacial score (nSPS) is 11.1. The van der Waals surface area contributed by atoms with E-state index >= 15 is 0 Å². The first-order chi connectivity index (χ1) is 4.70. The minimum absolute atomic E-state index is 0.631. The van der Waals surface area contributed by atoms with E-state index < -0.39 is 0 Å². The molecule has 0 rings (SSSR count). The number of nitrogens with two attached hydrogens (primary N) is 1. The van der Waals surface area contributed by atoms with E-state index in [2.05, 4.69) is 25.1 Å². The predicted molar refractivity (Wildman–Crippen MR) is 45.9 cm³/mol. The number of hydrogen-bond donors (Lipinski definition) is 1. The fourth-order valence-corrected chi connectivity index (χ4v) is 0.542. The third-order valence-corrected chi connectivity index (χ3v) is 1.03. The molecule has 0 aromatic rings. The lowest BCUT2D eigenvalue weighted by Crippen LogP contribution is -2.10. The van der Waals surface area contributed by atoms with Gasteiger partial charge in [0.1, 0.15) is 0 Å². The van der Waals surface area contributed by atoms with Crippen LogP contribution in [0.1, 0.15) is 19.8 Å². The van der Waals surface area contributed by atoms with Gasteiger partial charge in [0, 0.05) is 6.42 Å². The highest BCUT2D eigenvalue weighted by Crippen LogP contribution is 1.95. The maximum atomic E-state index is 5.50. The second-order valence-electron chi connectivity index (χ2n) is 2.05. The van der Waals surface area contributed by atoms with E-state index in [0.29, 0.717) is 11.5 Å². The Kier molecular flexibility index (Phi) is 4.29. The minimum atomic E-state index is 0.631. The van der Waals surface area contributed by atoms with Gasteiger partial charge in [-0.15, -0.1) is 0 Å². The molecule has 0 saturated heterocycles. The smallest absolute Gasteiger partial charge is 0.0995 e. The van der Waals surface area contributed by atoms with Crippen molar-refractivity contribution in [1.82, 2.24) is 0 Å². The number of amidine groups is 1. The van der Waals surface area contributed by atoms with Crippen LogP contribution in [0.2, 0.25) is 0 Å². The second kappa shape index (κ2) is 4.79. The van der Waals surface area contributed by atoms with E-state index in [4.69, 9.17) is 5.73 Å². The zero-order chi connectivity index (χ0) is 7.98. The molecule has 0 heterocycles. The number of allylic oxidation sites excluding steroid dienone is 1. The topological polar surface area (TPSA) is 38.4 Å². The van der Waals surface area contributed by atoms with Gasteiger partial charge >= 0.3 is 0 Å². The molecule has 0 aliphatic heterocycles. The fraction of sp³-hybridized carbons (Fsp3) is 0.375. The van der Waals surface area contributed by atoms with Gasteiger partial charge in [0.25, 0.3) is 0 Å². The van der Waals surface area contributed by atoms with Crippen LogP contribution in [0.25, 0.3) is 0 Å². The minimum Gasteiger partial charge on any atom is -0.387 e. The zero-order valence-electron chi connectivity index (χ0n) is 6.43. The van der Waals surface area contributed by atoms with E-state index in [0.717, 1.165) is 12.8 Å². The lowest BCUT2D eigenvalue weighted by Gasteiger charge is -1.95. The Morgan fingerprint density at radius 3 is 2.70 bits per heavy atom. The first kappa shape index (κ1) is 8.95. The fourth-order valence-electron chi connectivity index (χ4n) is 0.542. The standard InChI is InChI=1S/C8H14N2/c1-4-6-8(9)10-7(3)5-2/h5H,2-4,6H2,1H3,(H2,9,10). The molecule has 0 aliphatic carbocycles. The highest BCUT2D eigenvalue weighted by atomic mass is 14.9. The van der Waals surface area contributed by atoms with Gasteiger partial charge in [-0.3, -0.25) is 0 Å². The summed E-state index contributed by atoms with van der Waals surface area (Å²) in [5.41, 5.74) is 6.13. The predicted octanol–water partition coefficient (Wildman–Crippen LogP) is 1.84. The first-order valence-corrected chi connectivity index (χ1v) is 3.35.